The predicted octanol–water partition coefficient (Wildman–Crippen LogP) is 7.05. The van der Waals surface area contributed by atoms with Crippen LogP contribution in [0.3, 0.4) is 0 Å². The smallest absolute Gasteiger partial charge is 0.329 e. The summed E-state index contributed by atoms with van der Waals surface area (Å²) in [6, 6.07) is 8.06. The number of rotatable bonds is 26. The number of hydrogen-bond acceptors (Lipinski definition) is 7. The predicted molar refractivity (Wildman–Crippen MR) is 152 cm³/mol. The van der Waals surface area contributed by atoms with Gasteiger partial charge in [0.2, 0.25) is 0 Å². The molecule has 2 atom stereocenters. The number of ether oxygens (including phenoxy) is 2. The lowest BCUT2D eigenvalue weighted by atomic mass is 10.0. The van der Waals surface area contributed by atoms with Gasteiger partial charge in [-0.05, 0) is 57.6 Å². The van der Waals surface area contributed by atoms with Gasteiger partial charge in [-0.1, -0.05) is 89.7 Å². The minimum absolute atomic E-state index is 0.00712. The molecule has 0 aliphatic rings. The summed E-state index contributed by atoms with van der Waals surface area (Å²) < 4.78 is 21.5. The van der Waals surface area contributed by atoms with Gasteiger partial charge in [-0.25, -0.2) is 0 Å². The summed E-state index contributed by atoms with van der Waals surface area (Å²) in [5.41, 5.74) is 1.25. The van der Waals surface area contributed by atoms with Gasteiger partial charge < -0.3 is 28.3 Å². The molecule has 0 aliphatic carbocycles. The molecule has 0 heterocycles. The van der Waals surface area contributed by atoms with Gasteiger partial charge in [0.1, 0.15) is 12.4 Å². The number of unbranched alkanes of at least 4 members (excludes halogenated alkanes) is 11. The van der Waals surface area contributed by atoms with Gasteiger partial charge in [-0.2, -0.15) is 0 Å². The van der Waals surface area contributed by atoms with Gasteiger partial charge in [0.25, 0.3) is 6.47 Å². The first-order valence-corrected chi connectivity index (χ1v) is 15.4. The van der Waals surface area contributed by atoms with E-state index in [1.165, 1.54) is 82.6 Å². The molecule has 8 heteroatoms. The second-order valence-corrected chi connectivity index (χ2v) is 11.0. The second kappa shape index (κ2) is 23.8. The maximum absolute atomic E-state index is 10.9. The van der Waals surface area contributed by atoms with Crippen molar-refractivity contribution >= 4 is 15.1 Å². The molecule has 0 spiro atoms. The van der Waals surface area contributed by atoms with Crippen molar-refractivity contribution in [3.05, 3.63) is 29.8 Å². The van der Waals surface area contributed by atoms with Crippen molar-refractivity contribution in [3.63, 3.8) is 0 Å². The van der Waals surface area contributed by atoms with Gasteiger partial charge in [-0.15, -0.1) is 0 Å². The van der Waals surface area contributed by atoms with E-state index in [2.05, 4.69) is 13.0 Å². The molecule has 2 unspecified atom stereocenters. The van der Waals surface area contributed by atoms with Crippen LogP contribution in [-0.4, -0.2) is 62.8 Å². The summed E-state index contributed by atoms with van der Waals surface area (Å²) >= 11 is 0. The Hall–Kier alpha value is -1.24. The van der Waals surface area contributed by atoms with Crippen LogP contribution in [0.15, 0.2) is 24.3 Å². The summed E-state index contributed by atoms with van der Waals surface area (Å²) in [5, 5.41) is 0. The topological polar surface area (TPSA) is 77.5 Å². The SMILES string of the molecule is CCCCCCCCCCCCCCc1cccc(OCC(COP(O)OCCCN(C)C)OC=O)c1. The summed E-state index contributed by atoms with van der Waals surface area (Å²) in [7, 11) is 1.95. The van der Waals surface area contributed by atoms with Gasteiger partial charge in [-0.3, -0.25) is 4.79 Å². The first kappa shape index (κ1) is 33.8. The molecule has 0 fully saturated rings. The minimum atomic E-state index is -2.01. The first-order valence-electron chi connectivity index (χ1n) is 14.3. The van der Waals surface area contributed by atoms with E-state index in [0.717, 1.165) is 25.1 Å². The Balaban J connectivity index is 2.19. The lowest BCUT2D eigenvalue weighted by Gasteiger charge is -2.18. The molecular formula is C29H52NO6P. The highest BCUT2D eigenvalue weighted by Crippen LogP contribution is 2.33. The Morgan fingerprint density at radius 1 is 0.892 bits per heavy atom. The fourth-order valence-corrected chi connectivity index (χ4v) is 4.72. The number of nitrogens with zero attached hydrogens (tertiary/aromatic N) is 1. The zero-order chi connectivity index (χ0) is 27.0. The van der Waals surface area contributed by atoms with Gasteiger partial charge >= 0.3 is 8.60 Å². The number of aryl methyl sites for hydroxylation is 1. The van der Waals surface area contributed by atoms with E-state index in [-0.39, 0.29) is 13.2 Å². The van der Waals surface area contributed by atoms with E-state index >= 15 is 0 Å². The molecule has 1 aromatic carbocycles. The van der Waals surface area contributed by atoms with Gasteiger partial charge in [0, 0.05) is 0 Å². The van der Waals surface area contributed by atoms with Crippen molar-refractivity contribution < 1.29 is 28.2 Å². The van der Waals surface area contributed by atoms with Crippen molar-refractivity contribution in [1.82, 2.24) is 4.90 Å². The molecule has 0 bridgehead atoms. The second-order valence-electron chi connectivity index (χ2n) is 9.98. The third-order valence-corrected chi connectivity index (χ3v) is 7.00. The van der Waals surface area contributed by atoms with Crippen LogP contribution in [-0.2, 0) is 25.0 Å². The minimum Gasteiger partial charge on any atom is -0.490 e. The molecule has 214 valence electrons. The van der Waals surface area contributed by atoms with Crippen molar-refractivity contribution in [2.24, 2.45) is 0 Å². The molecular weight excluding hydrogens is 489 g/mol. The molecule has 0 aromatic heterocycles. The molecule has 0 amide bonds. The molecule has 0 saturated heterocycles. The Labute approximate surface area is 227 Å². The maximum Gasteiger partial charge on any atom is 0.329 e. The third kappa shape index (κ3) is 20.4. The van der Waals surface area contributed by atoms with Crippen LogP contribution in [0.25, 0.3) is 0 Å². The first-order chi connectivity index (χ1) is 18.0. The molecule has 0 aliphatic heterocycles. The highest BCUT2D eigenvalue weighted by Gasteiger charge is 2.16. The van der Waals surface area contributed by atoms with Crippen LogP contribution in [0.4, 0.5) is 0 Å². The van der Waals surface area contributed by atoms with E-state index in [1.807, 2.05) is 37.2 Å². The molecule has 0 radical (unpaired) electrons. The van der Waals surface area contributed by atoms with Crippen molar-refractivity contribution in [2.45, 2.75) is 103 Å². The van der Waals surface area contributed by atoms with Crippen LogP contribution in [0.2, 0.25) is 0 Å². The lowest BCUT2D eigenvalue weighted by molar-refractivity contribution is -0.136. The molecule has 0 saturated carbocycles. The van der Waals surface area contributed by atoms with E-state index < -0.39 is 14.7 Å². The number of benzene rings is 1. The lowest BCUT2D eigenvalue weighted by Crippen LogP contribution is -2.26. The highest BCUT2D eigenvalue weighted by atomic mass is 31.2. The Bertz CT molecular complexity index is 663. The maximum atomic E-state index is 10.9. The fourth-order valence-electron chi connectivity index (χ4n) is 4.06. The van der Waals surface area contributed by atoms with Crippen LogP contribution in [0, 0.1) is 0 Å². The molecule has 1 aromatic rings. The van der Waals surface area contributed by atoms with Crippen LogP contribution < -0.4 is 4.74 Å². The largest absolute Gasteiger partial charge is 0.490 e. The monoisotopic (exact) mass is 541 g/mol. The zero-order valence-electron chi connectivity index (χ0n) is 23.6. The quantitative estimate of drug-likeness (QED) is 0.0764. The third-order valence-electron chi connectivity index (χ3n) is 6.22. The van der Waals surface area contributed by atoms with Crippen molar-refractivity contribution in [3.8, 4) is 5.75 Å². The van der Waals surface area contributed by atoms with E-state index in [1.54, 1.807) is 0 Å². The number of carbonyl (C=O) groups is 1. The van der Waals surface area contributed by atoms with E-state index in [9.17, 15) is 9.69 Å². The summed E-state index contributed by atoms with van der Waals surface area (Å²) in [5.74, 6) is 0.738. The average Bonchev–Trinajstić information content (AvgIpc) is 2.89. The number of hydrogen-bond donors (Lipinski definition) is 1. The summed E-state index contributed by atoms with van der Waals surface area (Å²) in [6.07, 6.45) is 17.4. The van der Waals surface area contributed by atoms with Crippen LogP contribution in [0.1, 0.15) is 96.0 Å². The standard InChI is InChI=1S/C29H52NO6P/c1-4-5-6-7-8-9-10-11-12-13-14-15-18-27-19-16-20-28(23-27)33-24-29(34-26-31)25-36-37(32)35-22-17-21-30(2)3/h16,19-20,23,26,29,32H,4-15,17-18,21-22,24-25H2,1-3H3. The van der Waals surface area contributed by atoms with Gasteiger partial charge in [0.05, 0.1) is 13.2 Å². The normalized spacial score (nSPS) is 13.0. The van der Waals surface area contributed by atoms with Crippen LogP contribution >= 0.6 is 8.60 Å². The number of carbonyl (C=O) groups excluding carboxylic acids is 1. The summed E-state index contributed by atoms with van der Waals surface area (Å²) in [6.45, 7) is 4.07. The molecule has 7 nitrogen and oxygen atoms in total. The van der Waals surface area contributed by atoms with Gasteiger partial charge in [0.15, 0.2) is 6.10 Å². The highest BCUT2D eigenvalue weighted by molar-refractivity contribution is 7.40. The van der Waals surface area contributed by atoms with Crippen molar-refractivity contribution in [2.75, 3.05) is 40.5 Å². The molecule has 37 heavy (non-hydrogen) atoms. The Morgan fingerprint density at radius 3 is 2.16 bits per heavy atom. The molecule has 1 N–H and O–H groups in total. The van der Waals surface area contributed by atoms with E-state index in [4.69, 9.17) is 18.5 Å². The van der Waals surface area contributed by atoms with Crippen molar-refractivity contribution in [1.29, 1.82) is 0 Å². The summed E-state index contributed by atoms with van der Waals surface area (Å²) in [4.78, 5) is 22.8. The Kier molecular flexibility index (Phi) is 21.8. The molecule has 1 rings (SSSR count). The van der Waals surface area contributed by atoms with Crippen LogP contribution in [0.5, 0.6) is 5.75 Å². The fraction of sp³-hybridized carbons (Fsp3) is 0.759. The van der Waals surface area contributed by atoms with E-state index in [0.29, 0.717) is 13.1 Å². The average molecular weight is 542 g/mol. The zero-order valence-corrected chi connectivity index (χ0v) is 24.5. The Morgan fingerprint density at radius 2 is 1.54 bits per heavy atom.